The lowest BCUT2D eigenvalue weighted by molar-refractivity contribution is 0.0944. The monoisotopic (exact) mass is 423 g/mol. The number of hydrogen-bond donors (Lipinski definition) is 2. The van der Waals surface area contributed by atoms with Crippen molar-refractivity contribution < 1.29 is 14.0 Å². The van der Waals surface area contributed by atoms with Crippen LogP contribution < -0.4 is 10.6 Å². The summed E-state index contributed by atoms with van der Waals surface area (Å²) >= 11 is 6.12. The molecule has 0 radical (unpaired) electrons. The van der Waals surface area contributed by atoms with Crippen LogP contribution in [0.15, 0.2) is 52.9 Å². The molecule has 0 atom stereocenters. The van der Waals surface area contributed by atoms with Crippen molar-refractivity contribution in [1.29, 1.82) is 0 Å². The van der Waals surface area contributed by atoms with E-state index in [2.05, 4.69) is 15.6 Å². The smallest absolute Gasteiger partial charge is 0.277 e. The zero-order valence-electron chi connectivity index (χ0n) is 16.7. The van der Waals surface area contributed by atoms with Gasteiger partial charge in [-0.3, -0.25) is 9.59 Å². The first-order valence-electron chi connectivity index (χ1n) is 9.90. The molecular weight excluding hydrogens is 402 g/mol. The van der Waals surface area contributed by atoms with Gasteiger partial charge < -0.3 is 15.1 Å². The molecule has 1 aliphatic rings. The van der Waals surface area contributed by atoms with Gasteiger partial charge in [-0.05, 0) is 57.0 Å². The first-order chi connectivity index (χ1) is 14.4. The number of hydrogen-bond acceptors (Lipinski definition) is 4. The third-order valence-electron chi connectivity index (χ3n) is 4.73. The van der Waals surface area contributed by atoms with E-state index in [0.29, 0.717) is 27.9 Å². The summed E-state index contributed by atoms with van der Waals surface area (Å²) in [5.74, 6) is 0.472. The average molecular weight is 424 g/mol. The van der Waals surface area contributed by atoms with Crippen LogP contribution in [0.3, 0.4) is 0 Å². The Morgan fingerprint density at radius 2 is 1.83 bits per heavy atom. The van der Waals surface area contributed by atoms with Crippen LogP contribution in [0.2, 0.25) is 5.02 Å². The molecule has 1 aliphatic carbocycles. The zero-order valence-corrected chi connectivity index (χ0v) is 17.5. The normalized spacial score (nSPS) is 13.3. The number of halogens is 1. The van der Waals surface area contributed by atoms with Gasteiger partial charge in [-0.2, -0.15) is 0 Å². The van der Waals surface area contributed by atoms with Gasteiger partial charge in [0, 0.05) is 22.5 Å². The van der Waals surface area contributed by atoms with Crippen molar-refractivity contribution in [2.45, 2.75) is 38.6 Å². The fraction of sp³-hybridized carbons (Fsp3) is 0.261. The van der Waals surface area contributed by atoms with E-state index in [1.165, 1.54) is 0 Å². The molecule has 1 heterocycles. The number of carbonyl (C=O) groups is 2. The van der Waals surface area contributed by atoms with Crippen molar-refractivity contribution in [3.05, 3.63) is 70.6 Å². The van der Waals surface area contributed by atoms with Crippen LogP contribution in [0, 0.1) is 0 Å². The second kappa shape index (κ2) is 8.32. The minimum absolute atomic E-state index is 0.0397. The molecular formula is C23H22ClN3O3. The summed E-state index contributed by atoms with van der Waals surface area (Å²) in [6, 6.07) is 14.2. The van der Waals surface area contributed by atoms with Crippen molar-refractivity contribution in [3.8, 4) is 11.5 Å². The van der Waals surface area contributed by atoms with Crippen LogP contribution >= 0.6 is 11.6 Å². The standard InChI is InChI=1S/C23H22ClN3O3/c1-13(2)25-21(28)17-11-10-16(24)12-18(17)26-22(29)19-20(14-8-9-14)30-23(27-19)15-6-4-3-5-7-15/h3-7,10-14H,8-9H2,1-2H3,(H,25,28)(H,26,29). The number of benzene rings is 2. The Hall–Kier alpha value is -3.12. The summed E-state index contributed by atoms with van der Waals surface area (Å²) in [5, 5.41) is 6.05. The van der Waals surface area contributed by atoms with E-state index in [9.17, 15) is 9.59 Å². The van der Waals surface area contributed by atoms with Crippen molar-refractivity contribution in [2.24, 2.45) is 0 Å². The molecule has 1 fully saturated rings. The molecule has 2 aromatic carbocycles. The van der Waals surface area contributed by atoms with Crippen molar-refractivity contribution in [3.63, 3.8) is 0 Å². The lowest BCUT2D eigenvalue weighted by Crippen LogP contribution is -2.31. The number of amides is 2. The van der Waals surface area contributed by atoms with Gasteiger partial charge in [0.05, 0.1) is 11.3 Å². The molecule has 3 aromatic rings. The maximum absolute atomic E-state index is 13.1. The maximum atomic E-state index is 13.1. The lowest BCUT2D eigenvalue weighted by atomic mass is 10.1. The van der Waals surface area contributed by atoms with Crippen LogP contribution in [0.5, 0.6) is 0 Å². The molecule has 0 aliphatic heterocycles. The molecule has 1 saturated carbocycles. The van der Waals surface area contributed by atoms with E-state index in [1.54, 1.807) is 18.2 Å². The summed E-state index contributed by atoms with van der Waals surface area (Å²) in [4.78, 5) is 30.1. The molecule has 2 amide bonds. The van der Waals surface area contributed by atoms with Crippen molar-refractivity contribution >= 4 is 29.1 Å². The molecule has 30 heavy (non-hydrogen) atoms. The summed E-state index contributed by atoms with van der Waals surface area (Å²) in [7, 11) is 0. The number of rotatable bonds is 6. The number of nitrogens with zero attached hydrogens (tertiary/aromatic N) is 1. The number of carbonyl (C=O) groups excluding carboxylic acids is 2. The van der Waals surface area contributed by atoms with E-state index < -0.39 is 5.91 Å². The van der Waals surface area contributed by atoms with Gasteiger partial charge in [-0.1, -0.05) is 29.8 Å². The number of nitrogens with one attached hydrogen (secondary N) is 2. The predicted octanol–water partition coefficient (Wildman–Crippen LogP) is 5.26. The lowest BCUT2D eigenvalue weighted by Gasteiger charge is -2.13. The third-order valence-corrected chi connectivity index (χ3v) is 4.97. The fourth-order valence-corrected chi connectivity index (χ4v) is 3.33. The van der Waals surface area contributed by atoms with Crippen molar-refractivity contribution in [1.82, 2.24) is 10.3 Å². The highest BCUT2D eigenvalue weighted by atomic mass is 35.5. The van der Waals surface area contributed by atoms with Gasteiger partial charge in [-0.15, -0.1) is 0 Å². The van der Waals surface area contributed by atoms with E-state index in [0.717, 1.165) is 18.4 Å². The van der Waals surface area contributed by atoms with Gasteiger partial charge in [0.2, 0.25) is 5.89 Å². The van der Waals surface area contributed by atoms with Crippen LogP contribution in [-0.4, -0.2) is 22.8 Å². The van der Waals surface area contributed by atoms with Crippen LogP contribution in [0.25, 0.3) is 11.5 Å². The first kappa shape index (κ1) is 20.2. The van der Waals surface area contributed by atoms with Crippen LogP contribution in [-0.2, 0) is 0 Å². The maximum Gasteiger partial charge on any atom is 0.277 e. The molecule has 0 spiro atoms. The summed E-state index contributed by atoms with van der Waals surface area (Å²) in [6.45, 7) is 3.74. The number of anilines is 1. The quantitative estimate of drug-likeness (QED) is 0.566. The van der Waals surface area contributed by atoms with Gasteiger partial charge >= 0.3 is 0 Å². The molecule has 7 heteroatoms. The fourth-order valence-electron chi connectivity index (χ4n) is 3.16. The van der Waals surface area contributed by atoms with E-state index >= 15 is 0 Å². The molecule has 4 rings (SSSR count). The van der Waals surface area contributed by atoms with E-state index in [4.69, 9.17) is 16.0 Å². The molecule has 0 saturated heterocycles. The Kier molecular flexibility index (Phi) is 5.59. The van der Waals surface area contributed by atoms with Crippen LogP contribution in [0.4, 0.5) is 5.69 Å². The van der Waals surface area contributed by atoms with E-state index in [1.807, 2.05) is 44.2 Å². The summed E-state index contributed by atoms with van der Waals surface area (Å²) < 4.78 is 5.96. The Morgan fingerprint density at radius 1 is 1.10 bits per heavy atom. The zero-order chi connectivity index (χ0) is 21.3. The Balaban J connectivity index is 1.66. The highest BCUT2D eigenvalue weighted by molar-refractivity contribution is 6.31. The Morgan fingerprint density at radius 3 is 2.50 bits per heavy atom. The van der Waals surface area contributed by atoms with Gasteiger partial charge in [0.25, 0.3) is 11.8 Å². The second-order valence-corrected chi connectivity index (χ2v) is 8.08. The Bertz CT molecular complexity index is 1090. The molecule has 1 aromatic heterocycles. The Labute approximate surface area is 179 Å². The van der Waals surface area contributed by atoms with Gasteiger partial charge in [0.1, 0.15) is 5.76 Å². The minimum Gasteiger partial charge on any atom is -0.440 e. The first-order valence-corrected chi connectivity index (χ1v) is 10.3. The summed E-state index contributed by atoms with van der Waals surface area (Å²) in [6.07, 6.45) is 1.92. The third kappa shape index (κ3) is 4.39. The highest BCUT2D eigenvalue weighted by Crippen LogP contribution is 2.43. The van der Waals surface area contributed by atoms with Crippen LogP contribution in [0.1, 0.15) is 59.2 Å². The molecule has 0 bridgehead atoms. The predicted molar refractivity (Wildman–Crippen MR) is 116 cm³/mol. The molecule has 0 unspecified atom stereocenters. The van der Waals surface area contributed by atoms with E-state index in [-0.39, 0.29) is 23.6 Å². The van der Waals surface area contributed by atoms with Gasteiger partial charge in [0.15, 0.2) is 5.69 Å². The summed E-state index contributed by atoms with van der Waals surface area (Å²) in [5.41, 5.74) is 1.71. The second-order valence-electron chi connectivity index (χ2n) is 7.64. The average Bonchev–Trinajstić information content (AvgIpc) is 3.46. The van der Waals surface area contributed by atoms with Crippen molar-refractivity contribution in [2.75, 3.05) is 5.32 Å². The largest absolute Gasteiger partial charge is 0.440 e. The highest BCUT2D eigenvalue weighted by Gasteiger charge is 2.34. The molecule has 2 N–H and O–H groups in total. The number of aromatic nitrogens is 1. The molecule has 154 valence electrons. The number of oxazole rings is 1. The topological polar surface area (TPSA) is 84.2 Å². The van der Waals surface area contributed by atoms with Gasteiger partial charge in [-0.25, -0.2) is 4.98 Å². The molecule has 6 nitrogen and oxygen atoms in total. The SMILES string of the molecule is CC(C)NC(=O)c1ccc(Cl)cc1NC(=O)c1nc(-c2ccccc2)oc1C1CC1. The minimum atomic E-state index is -0.427.